The molecule has 0 aliphatic rings. The number of halogens is 2. The van der Waals surface area contributed by atoms with Crippen molar-refractivity contribution in [3.63, 3.8) is 0 Å². The zero-order valence-corrected chi connectivity index (χ0v) is 12.4. The largest absolute Gasteiger partial charge is 0.459 e. The molecule has 1 rings (SSSR count). The number of esters is 1. The van der Waals surface area contributed by atoms with Crippen LogP contribution in [0.15, 0.2) is 23.8 Å². The Labute approximate surface area is 122 Å². The number of carbonyl (C=O) groups excluding carboxylic acids is 2. The van der Waals surface area contributed by atoms with E-state index >= 15 is 0 Å². The number of benzene rings is 1. The first-order chi connectivity index (χ1) is 8.82. The van der Waals surface area contributed by atoms with E-state index in [4.69, 9.17) is 27.9 Å². The Morgan fingerprint density at radius 3 is 2.42 bits per heavy atom. The first-order valence-corrected chi connectivity index (χ1v) is 6.46. The van der Waals surface area contributed by atoms with Crippen LogP contribution in [0.1, 0.15) is 26.3 Å². The van der Waals surface area contributed by atoms with E-state index in [9.17, 15) is 9.59 Å². The van der Waals surface area contributed by atoms with Crippen LogP contribution < -0.4 is 0 Å². The highest BCUT2D eigenvalue weighted by Gasteiger charge is 2.18. The van der Waals surface area contributed by atoms with Gasteiger partial charge in [0.05, 0.1) is 16.1 Å². The summed E-state index contributed by atoms with van der Waals surface area (Å²) in [6, 6.07) is 4.98. The minimum Gasteiger partial charge on any atom is -0.459 e. The fourth-order valence-electron chi connectivity index (χ4n) is 1.37. The molecule has 0 N–H and O–H groups in total. The maximum atomic E-state index is 11.8. The van der Waals surface area contributed by atoms with Crippen molar-refractivity contribution in [2.24, 2.45) is 0 Å². The van der Waals surface area contributed by atoms with Gasteiger partial charge in [0.1, 0.15) is 5.57 Å². The topological polar surface area (TPSA) is 43.4 Å². The molecular weight excluding hydrogens is 287 g/mol. The summed E-state index contributed by atoms with van der Waals surface area (Å²) >= 11 is 11.9. The summed E-state index contributed by atoms with van der Waals surface area (Å²) in [7, 11) is 0. The lowest BCUT2D eigenvalue weighted by atomic mass is 10.1. The lowest BCUT2D eigenvalue weighted by molar-refractivity contribution is -0.143. The van der Waals surface area contributed by atoms with Crippen LogP contribution in [0.25, 0.3) is 6.08 Å². The monoisotopic (exact) mass is 300 g/mol. The molecule has 1 aromatic rings. The van der Waals surface area contributed by atoms with Gasteiger partial charge in [-0.05, 0) is 38.5 Å². The molecule has 0 radical (unpaired) electrons. The van der Waals surface area contributed by atoms with Crippen molar-refractivity contribution in [3.8, 4) is 0 Å². The van der Waals surface area contributed by atoms with E-state index in [0.29, 0.717) is 15.6 Å². The molecule has 0 amide bonds. The molecule has 1 aromatic carbocycles. The maximum Gasteiger partial charge on any atom is 0.342 e. The van der Waals surface area contributed by atoms with Gasteiger partial charge in [-0.3, -0.25) is 4.79 Å². The molecular formula is C14H14Cl2O3. The predicted molar refractivity (Wildman–Crippen MR) is 76.3 cm³/mol. The van der Waals surface area contributed by atoms with Crippen LogP contribution in [-0.2, 0) is 14.3 Å². The third kappa shape index (κ3) is 4.37. The lowest BCUT2D eigenvalue weighted by Crippen LogP contribution is -2.17. The van der Waals surface area contributed by atoms with E-state index in [1.165, 1.54) is 13.0 Å². The van der Waals surface area contributed by atoms with E-state index < -0.39 is 5.97 Å². The second kappa shape index (κ2) is 6.73. The quantitative estimate of drug-likeness (QED) is 0.366. The second-order valence-electron chi connectivity index (χ2n) is 4.21. The van der Waals surface area contributed by atoms with Gasteiger partial charge in [0, 0.05) is 0 Å². The van der Waals surface area contributed by atoms with E-state index in [-0.39, 0.29) is 17.5 Å². The van der Waals surface area contributed by atoms with Gasteiger partial charge in [-0.15, -0.1) is 0 Å². The van der Waals surface area contributed by atoms with Crippen molar-refractivity contribution in [1.82, 2.24) is 0 Å². The molecule has 0 aromatic heterocycles. The highest BCUT2D eigenvalue weighted by atomic mass is 35.5. The van der Waals surface area contributed by atoms with Crippen LogP contribution in [0.5, 0.6) is 0 Å². The summed E-state index contributed by atoms with van der Waals surface area (Å²) in [6.07, 6.45) is 1.09. The molecule has 0 spiro atoms. The van der Waals surface area contributed by atoms with Crippen molar-refractivity contribution in [3.05, 3.63) is 39.4 Å². The molecule has 0 unspecified atom stereocenters. The first kappa shape index (κ1) is 15.7. The van der Waals surface area contributed by atoms with Crippen molar-refractivity contribution < 1.29 is 14.3 Å². The number of carbonyl (C=O) groups is 2. The van der Waals surface area contributed by atoms with Crippen molar-refractivity contribution in [2.75, 3.05) is 0 Å². The number of hydrogen-bond acceptors (Lipinski definition) is 3. The SMILES string of the molecule is CC(=O)/C(=C/c1cccc(Cl)c1Cl)C(=O)OC(C)C. The van der Waals surface area contributed by atoms with Crippen molar-refractivity contribution >= 4 is 41.0 Å². The summed E-state index contributed by atoms with van der Waals surface area (Å²) in [4.78, 5) is 23.3. The standard InChI is InChI=1S/C14H14Cl2O3/c1-8(2)19-14(18)11(9(3)17)7-10-5-4-6-12(15)13(10)16/h4-8H,1-3H3/b11-7-. The van der Waals surface area contributed by atoms with E-state index in [0.717, 1.165) is 0 Å². The molecule has 102 valence electrons. The van der Waals surface area contributed by atoms with Crippen molar-refractivity contribution in [1.29, 1.82) is 0 Å². The number of rotatable bonds is 4. The summed E-state index contributed by atoms with van der Waals surface area (Å²) in [6.45, 7) is 4.72. The average molecular weight is 301 g/mol. The Morgan fingerprint density at radius 1 is 1.26 bits per heavy atom. The Balaban J connectivity index is 3.19. The molecule has 0 heterocycles. The molecule has 0 bridgehead atoms. The average Bonchev–Trinajstić information content (AvgIpc) is 2.29. The third-order valence-electron chi connectivity index (χ3n) is 2.22. The van der Waals surface area contributed by atoms with Gasteiger partial charge in [0.15, 0.2) is 5.78 Å². The highest BCUT2D eigenvalue weighted by molar-refractivity contribution is 6.43. The molecule has 19 heavy (non-hydrogen) atoms. The van der Waals surface area contributed by atoms with Gasteiger partial charge in [-0.25, -0.2) is 4.79 Å². The molecule has 0 atom stereocenters. The Hall–Kier alpha value is -1.32. The minimum absolute atomic E-state index is 0.0575. The summed E-state index contributed by atoms with van der Waals surface area (Å²) in [5.41, 5.74) is 0.443. The zero-order valence-electron chi connectivity index (χ0n) is 10.9. The van der Waals surface area contributed by atoms with E-state index in [1.54, 1.807) is 32.0 Å². The van der Waals surface area contributed by atoms with Crippen LogP contribution in [-0.4, -0.2) is 17.9 Å². The van der Waals surface area contributed by atoms with Gasteiger partial charge in [0.25, 0.3) is 0 Å². The minimum atomic E-state index is -0.668. The van der Waals surface area contributed by atoms with E-state index in [2.05, 4.69) is 0 Å². The van der Waals surface area contributed by atoms with Crippen LogP contribution in [0.3, 0.4) is 0 Å². The highest BCUT2D eigenvalue weighted by Crippen LogP contribution is 2.27. The molecule has 0 saturated carbocycles. The van der Waals surface area contributed by atoms with E-state index in [1.807, 2.05) is 0 Å². The predicted octanol–water partition coefficient (Wildman–Crippen LogP) is 3.92. The summed E-state index contributed by atoms with van der Waals surface area (Å²) in [5.74, 6) is -1.06. The first-order valence-electron chi connectivity index (χ1n) is 5.70. The van der Waals surface area contributed by atoms with Crippen LogP contribution in [0.2, 0.25) is 10.0 Å². The Kier molecular flexibility index (Phi) is 5.58. The van der Waals surface area contributed by atoms with Gasteiger partial charge in [0.2, 0.25) is 0 Å². The zero-order chi connectivity index (χ0) is 14.6. The Morgan fingerprint density at radius 2 is 1.89 bits per heavy atom. The van der Waals surface area contributed by atoms with Crippen LogP contribution >= 0.6 is 23.2 Å². The number of ketones is 1. The van der Waals surface area contributed by atoms with Gasteiger partial charge < -0.3 is 4.74 Å². The summed E-state index contributed by atoms with van der Waals surface area (Å²) in [5, 5.41) is 0.649. The fourth-order valence-corrected chi connectivity index (χ4v) is 1.73. The number of hydrogen-bond donors (Lipinski definition) is 0. The molecule has 0 aliphatic heterocycles. The molecule has 0 saturated heterocycles. The summed E-state index contributed by atoms with van der Waals surface area (Å²) < 4.78 is 5.01. The normalized spacial score (nSPS) is 11.6. The number of Topliss-reactive ketones (excluding diaryl/α,β-unsaturated/α-hetero) is 1. The lowest BCUT2D eigenvalue weighted by Gasteiger charge is -2.09. The van der Waals surface area contributed by atoms with Crippen LogP contribution in [0, 0.1) is 0 Å². The third-order valence-corrected chi connectivity index (χ3v) is 3.06. The van der Waals surface area contributed by atoms with Gasteiger partial charge >= 0.3 is 5.97 Å². The molecule has 0 aliphatic carbocycles. The van der Waals surface area contributed by atoms with Gasteiger partial charge in [-0.1, -0.05) is 35.3 Å². The Bertz CT molecular complexity index is 533. The fraction of sp³-hybridized carbons (Fsp3) is 0.286. The molecule has 5 heteroatoms. The van der Waals surface area contributed by atoms with Gasteiger partial charge in [-0.2, -0.15) is 0 Å². The molecule has 0 fully saturated rings. The van der Waals surface area contributed by atoms with Crippen molar-refractivity contribution in [2.45, 2.75) is 26.9 Å². The van der Waals surface area contributed by atoms with Crippen LogP contribution in [0.4, 0.5) is 0 Å². The maximum absolute atomic E-state index is 11.8. The second-order valence-corrected chi connectivity index (χ2v) is 5.00. The molecule has 3 nitrogen and oxygen atoms in total. The number of ether oxygens (including phenoxy) is 1. The smallest absolute Gasteiger partial charge is 0.342 e.